The maximum atomic E-state index is 11.9. The Morgan fingerprint density at radius 2 is 2.05 bits per heavy atom. The molecule has 1 heterocycles. The number of likely N-dealkylation sites (tertiary alicyclic amines) is 1. The molecule has 1 fully saturated rings. The van der Waals surface area contributed by atoms with E-state index >= 15 is 0 Å². The third-order valence-corrected chi connectivity index (χ3v) is 4.53. The predicted octanol–water partition coefficient (Wildman–Crippen LogP) is 0.119. The fraction of sp³-hybridized carbons (Fsp3) is 0.500. The van der Waals surface area contributed by atoms with Crippen molar-refractivity contribution in [3.63, 3.8) is 0 Å². The zero-order valence-electron chi connectivity index (χ0n) is 12.2. The van der Waals surface area contributed by atoms with Crippen LogP contribution >= 0.6 is 0 Å². The number of nitrogens with one attached hydrogen (secondary N) is 1. The van der Waals surface area contributed by atoms with Crippen LogP contribution in [0.2, 0.25) is 0 Å². The number of nitrogens with two attached hydrogens (primary N) is 1. The summed E-state index contributed by atoms with van der Waals surface area (Å²) in [5.74, 6) is -0.150. The summed E-state index contributed by atoms with van der Waals surface area (Å²) in [6, 6.07) is 5.71. The summed E-state index contributed by atoms with van der Waals surface area (Å²) >= 11 is 0. The van der Waals surface area contributed by atoms with Crippen LogP contribution in [0.25, 0.3) is 0 Å². The van der Waals surface area contributed by atoms with E-state index in [0.29, 0.717) is 25.2 Å². The highest BCUT2D eigenvalue weighted by molar-refractivity contribution is 7.89. The van der Waals surface area contributed by atoms with Crippen molar-refractivity contribution in [3.05, 3.63) is 24.3 Å². The van der Waals surface area contributed by atoms with E-state index in [1.54, 1.807) is 0 Å². The maximum absolute atomic E-state index is 11.9. The number of nitrogens with zero attached hydrogens (tertiary/aromatic N) is 1. The highest BCUT2D eigenvalue weighted by atomic mass is 32.2. The molecular formula is C14H21N3O4S. The molecule has 4 N–H and O–H groups in total. The second-order valence-corrected chi connectivity index (χ2v) is 7.03. The molecule has 0 aliphatic carbocycles. The van der Waals surface area contributed by atoms with Crippen LogP contribution < -0.4 is 10.5 Å². The third kappa shape index (κ3) is 5.06. The van der Waals surface area contributed by atoms with Gasteiger partial charge in [0.25, 0.3) is 0 Å². The van der Waals surface area contributed by atoms with Crippen LogP contribution in [0.1, 0.15) is 19.3 Å². The average molecular weight is 327 g/mol. The van der Waals surface area contributed by atoms with Gasteiger partial charge in [0, 0.05) is 25.2 Å². The van der Waals surface area contributed by atoms with Gasteiger partial charge in [0.2, 0.25) is 15.9 Å². The summed E-state index contributed by atoms with van der Waals surface area (Å²) in [5.41, 5.74) is 0.524. The molecule has 1 unspecified atom stereocenters. The van der Waals surface area contributed by atoms with Crippen molar-refractivity contribution in [1.82, 2.24) is 4.90 Å². The molecule has 1 saturated heterocycles. The molecule has 0 saturated carbocycles. The number of hydrogen-bond acceptors (Lipinski definition) is 5. The molecule has 0 radical (unpaired) electrons. The van der Waals surface area contributed by atoms with Gasteiger partial charge >= 0.3 is 0 Å². The van der Waals surface area contributed by atoms with Crippen molar-refractivity contribution in [3.8, 4) is 0 Å². The Hall–Kier alpha value is -1.48. The van der Waals surface area contributed by atoms with Crippen molar-refractivity contribution in [2.45, 2.75) is 30.3 Å². The van der Waals surface area contributed by atoms with Crippen molar-refractivity contribution < 1.29 is 18.3 Å². The Morgan fingerprint density at radius 1 is 1.36 bits per heavy atom. The zero-order valence-corrected chi connectivity index (χ0v) is 13.1. The minimum Gasteiger partial charge on any atom is -0.392 e. The van der Waals surface area contributed by atoms with Crippen molar-refractivity contribution >= 4 is 21.6 Å². The van der Waals surface area contributed by atoms with E-state index in [2.05, 4.69) is 10.2 Å². The molecule has 7 nitrogen and oxygen atoms in total. The van der Waals surface area contributed by atoms with Crippen molar-refractivity contribution in [2.75, 3.05) is 25.0 Å². The van der Waals surface area contributed by atoms with Crippen LogP contribution in [0, 0.1) is 0 Å². The topological polar surface area (TPSA) is 113 Å². The van der Waals surface area contributed by atoms with Gasteiger partial charge in [-0.25, -0.2) is 13.6 Å². The van der Waals surface area contributed by atoms with E-state index in [9.17, 15) is 18.3 Å². The smallest absolute Gasteiger partial charge is 0.238 e. The Morgan fingerprint density at radius 3 is 2.64 bits per heavy atom. The molecule has 1 aliphatic rings. The van der Waals surface area contributed by atoms with Gasteiger partial charge in [-0.05, 0) is 43.7 Å². The van der Waals surface area contributed by atoms with Gasteiger partial charge in [0.05, 0.1) is 11.0 Å². The molecule has 0 spiro atoms. The number of aliphatic hydroxyl groups is 1. The molecule has 0 bridgehead atoms. The number of carbonyl (C=O) groups excluding carboxylic acids is 1. The summed E-state index contributed by atoms with van der Waals surface area (Å²) in [5, 5.41) is 17.3. The standard InChI is InChI=1S/C14H21N3O4S/c15-22(20,21)13-5-3-11(4-6-13)16-14(19)7-9-17-8-1-2-12(18)10-17/h3-6,12,18H,1-2,7-10H2,(H,16,19)(H2,15,20,21). The number of carbonyl (C=O) groups is 1. The molecule has 8 heteroatoms. The molecule has 122 valence electrons. The Bertz CT molecular complexity index is 615. The normalized spacial score (nSPS) is 19.8. The number of piperidine rings is 1. The number of amides is 1. The second-order valence-electron chi connectivity index (χ2n) is 5.46. The Labute approximate surface area is 130 Å². The summed E-state index contributed by atoms with van der Waals surface area (Å²) in [6.07, 6.45) is 1.78. The molecule has 22 heavy (non-hydrogen) atoms. The van der Waals surface area contributed by atoms with Gasteiger partial charge in [-0.15, -0.1) is 0 Å². The number of hydrogen-bond donors (Lipinski definition) is 3. The van der Waals surface area contributed by atoms with Crippen LogP contribution in [-0.2, 0) is 14.8 Å². The molecule has 1 aliphatic heterocycles. The maximum Gasteiger partial charge on any atom is 0.238 e. The van der Waals surface area contributed by atoms with Crippen molar-refractivity contribution in [1.29, 1.82) is 0 Å². The van der Waals surface area contributed by atoms with Gasteiger partial charge in [-0.2, -0.15) is 0 Å². The number of benzene rings is 1. The van der Waals surface area contributed by atoms with Crippen LogP contribution in [0.3, 0.4) is 0 Å². The van der Waals surface area contributed by atoms with E-state index < -0.39 is 10.0 Å². The highest BCUT2D eigenvalue weighted by Crippen LogP contribution is 2.14. The molecule has 2 rings (SSSR count). The van der Waals surface area contributed by atoms with E-state index in [-0.39, 0.29) is 16.9 Å². The molecule has 1 amide bonds. The fourth-order valence-corrected chi connectivity index (χ4v) is 2.96. The first kappa shape index (κ1) is 16.9. The van der Waals surface area contributed by atoms with Gasteiger partial charge in [-0.3, -0.25) is 4.79 Å². The Kier molecular flexibility index (Phi) is 5.52. The highest BCUT2D eigenvalue weighted by Gasteiger charge is 2.18. The van der Waals surface area contributed by atoms with E-state index in [1.807, 2.05) is 0 Å². The predicted molar refractivity (Wildman–Crippen MR) is 82.7 cm³/mol. The first-order valence-corrected chi connectivity index (χ1v) is 8.72. The summed E-state index contributed by atoms with van der Waals surface area (Å²) < 4.78 is 22.3. The first-order chi connectivity index (χ1) is 10.3. The Balaban J connectivity index is 1.82. The lowest BCUT2D eigenvalue weighted by molar-refractivity contribution is -0.116. The van der Waals surface area contributed by atoms with E-state index in [4.69, 9.17) is 5.14 Å². The summed E-state index contributed by atoms with van der Waals surface area (Å²) in [7, 11) is -3.72. The second kappa shape index (κ2) is 7.19. The lowest BCUT2D eigenvalue weighted by Crippen LogP contribution is -2.39. The largest absolute Gasteiger partial charge is 0.392 e. The molecule has 0 aromatic heterocycles. The molecular weight excluding hydrogens is 306 g/mol. The minimum absolute atomic E-state index is 0.00723. The third-order valence-electron chi connectivity index (χ3n) is 3.60. The number of β-amino-alcohol motifs (C(OH)–C–C–N with tert-alkyl or cyclic N) is 1. The molecule has 1 aromatic rings. The SMILES string of the molecule is NS(=O)(=O)c1ccc(NC(=O)CCN2CCCC(O)C2)cc1. The first-order valence-electron chi connectivity index (χ1n) is 7.18. The average Bonchev–Trinajstić information content (AvgIpc) is 2.45. The van der Waals surface area contributed by atoms with Gasteiger partial charge in [-0.1, -0.05) is 0 Å². The van der Waals surface area contributed by atoms with Crippen LogP contribution in [0.15, 0.2) is 29.2 Å². The van der Waals surface area contributed by atoms with Gasteiger partial charge in [0.1, 0.15) is 0 Å². The quantitative estimate of drug-likeness (QED) is 0.711. The van der Waals surface area contributed by atoms with Crippen LogP contribution in [0.5, 0.6) is 0 Å². The van der Waals surface area contributed by atoms with Crippen molar-refractivity contribution in [2.24, 2.45) is 5.14 Å². The fourth-order valence-electron chi connectivity index (χ4n) is 2.45. The number of sulfonamides is 1. The van der Waals surface area contributed by atoms with Crippen LogP contribution in [-0.4, -0.2) is 50.1 Å². The number of anilines is 1. The monoisotopic (exact) mass is 327 g/mol. The molecule has 1 aromatic carbocycles. The zero-order chi connectivity index (χ0) is 16.2. The summed E-state index contributed by atoms with van der Waals surface area (Å²) in [4.78, 5) is 13.9. The molecule has 1 atom stereocenters. The lowest BCUT2D eigenvalue weighted by Gasteiger charge is -2.29. The summed E-state index contributed by atoms with van der Waals surface area (Å²) in [6.45, 7) is 2.10. The number of rotatable bonds is 5. The van der Waals surface area contributed by atoms with E-state index in [0.717, 1.165) is 19.4 Å². The number of aliphatic hydroxyl groups excluding tert-OH is 1. The lowest BCUT2D eigenvalue weighted by atomic mass is 10.1. The van der Waals surface area contributed by atoms with Gasteiger partial charge < -0.3 is 15.3 Å². The van der Waals surface area contributed by atoms with Gasteiger partial charge in [0.15, 0.2) is 0 Å². The van der Waals surface area contributed by atoms with E-state index in [1.165, 1.54) is 24.3 Å². The number of primary sulfonamides is 1. The minimum atomic E-state index is -3.72. The van der Waals surface area contributed by atoms with Crippen LogP contribution in [0.4, 0.5) is 5.69 Å².